The molecule has 204 valence electrons. The Kier molecular flexibility index (Phi) is 7.83. The van der Waals surface area contributed by atoms with Crippen molar-refractivity contribution in [3.63, 3.8) is 0 Å². The lowest BCUT2D eigenvalue weighted by Gasteiger charge is -2.15. The van der Waals surface area contributed by atoms with Gasteiger partial charge in [0.1, 0.15) is 17.6 Å². The Morgan fingerprint density at radius 1 is 1.02 bits per heavy atom. The first kappa shape index (κ1) is 27.8. The third kappa shape index (κ3) is 6.25. The summed E-state index contributed by atoms with van der Waals surface area (Å²) in [5, 5.41) is 36.3. The largest absolute Gasteiger partial charge is 0.465 e. The van der Waals surface area contributed by atoms with Gasteiger partial charge in [0.2, 0.25) is 0 Å². The van der Waals surface area contributed by atoms with E-state index in [1.165, 1.54) is 54.6 Å². The monoisotopic (exact) mass is 553 g/mol. The van der Waals surface area contributed by atoms with Crippen molar-refractivity contribution in [3.05, 3.63) is 112 Å². The Labute approximate surface area is 223 Å². The quantitative estimate of drug-likeness (QED) is 0.238. The Bertz CT molecular complexity index is 1610. The molecule has 4 aromatic rings. The number of aliphatic hydroxyl groups is 1. The van der Waals surface area contributed by atoms with Crippen molar-refractivity contribution in [2.75, 3.05) is 5.32 Å². The van der Waals surface area contributed by atoms with Crippen molar-refractivity contribution in [2.24, 2.45) is 0 Å². The minimum atomic E-state index is -4.90. The molecule has 13 heteroatoms. The number of nitrogens with zero attached hydrogens (tertiary/aromatic N) is 3. The molecule has 1 aromatic heterocycles. The number of benzene rings is 3. The standard InChI is InChI=1S/C27H19F4N5O4/c28-20-9-8-18(24(37)17-6-4-15(13-32)5-7-17)11-21(20)34-25(38)22-12-23(27(29,30)31)35-36(22)19-3-1-2-16(10-19)14-33-26(39)40/h1-12,24,33,37H,14H2,(H,34,38)(H,39,40). The van der Waals surface area contributed by atoms with Gasteiger partial charge in [0.05, 0.1) is 23.0 Å². The van der Waals surface area contributed by atoms with Gasteiger partial charge in [-0.15, -0.1) is 0 Å². The van der Waals surface area contributed by atoms with Gasteiger partial charge in [-0.2, -0.15) is 23.5 Å². The first-order valence-electron chi connectivity index (χ1n) is 11.5. The number of amides is 2. The highest BCUT2D eigenvalue weighted by atomic mass is 19.4. The van der Waals surface area contributed by atoms with Crippen molar-refractivity contribution in [1.82, 2.24) is 15.1 Å². The van der Waals surface area contributed by atoms with Crippen LogP contribution in [0, 0.1) is 17.1 Å². The molecule has 0 spiro atoms. The number of nitrogens with one attached hydrogen (secondary N) is 2. The van der Waals surface area contributed by atoms with Crippen molar-refractivity contribution >= 4 is 17.7 Å². The number of carbonyl (C=O) groups excluding carboxylic acids is 1. The highest BCUT2D eigenvalue weighted by Crippen LogP contribution is 2.31. The average Bonchev–Trinajstić information content (AvgIpc) is 3.40. The second-order valence-electron chi connectivity index (χ2n) is 8.48. The van der Waals surface area contributed by atoms with Crippen molar-refractivity contribution < 1.29 is 37.4 Å². The molecule has 0 radical (unpaired) electrons. The van der Waals surface area contributed by atoms with Crippen LogP contribution in [-0.4, -0.2) is 32.0 Å². The Hall–Kier alpha value is -5.22. The summed E-state index contributed by atoms with van der Waals surface area (Å²) in [6.45, 7) is -0.155. The molecule has 0 bridgehead atoms. The molecular formula is C27H19F4N5O4. The maximum Gasteiger partial charge on any atom is 0.435 e. The first-order valence-corrected chi connectivity index (χ1v) is 11.5. The number of carboxylic acid groups (broad SMARTS) is 1. The molecule has 1 atom stereocenters. The molecule has 2 amide bonds. The van der Waals surface area contributed by atoms with E-state index in [4.69, 9.17) is 10.4 Å². The Morgan fingerprint density at radius 3 is 2.38 bits per heavy atom. The lowest BCUT2D eigenvalue weighted by Crippen LogP contribution is -2.20. The van der Waals surface area contributed by atoms with Gasteiger partial charge >= 0.3 is 12.3 Å². The molecule has 0 saturated carbocycles. The molecule has 3 aromatic carbocycles. The Morgan fingerprint density at radius 2 is 1.73 bits per heavy atom. The van der Waals surface area contributed by atoms with Crippen LogP contribution in [0.25, 0.3) is 5.69 Å². The fourth-order valence-electron chi connectivity index (χ4n) is 3.78. The lowest BCUT2D eigenvalue weighted by atomic mass is 10.00. The number of hydrogen-bond donors (Lipinski definition) is 4. The van der Waals surface area contributed by atoms with Gasteiger partial charge in [-0.05, 0) is 53.1 Å². The first-order chi connectivity index (χ1) is 19.0. The smallest absolute Gasteiger partial charge is 0.435 e. The van der Waals surface area contributed by atoms with E-state index in [2.05, 4.69) is 15.7 Å². The van der Waals surface area contributed by atoms with Gasteiger partial charge in [0, 0.05) is 12.6 Å². The van der Waals surface area contributed by atoms with Crippen molar-refractivity contribution in [3.8, 4) is 11.8 Å². The topological polar surface area (TPSA) is 140 Å². The van der Waals surface area contributed by atoms with Crippen LogP contribution >= 0.6 is 0 Å². The van der Waals surface area contributed by atoms with Gasteiger partial charge in [-0.25, -0.2) is 13.9 Å². The summed E-state index contributed by atoms with van der Waals surface area (Å²) in [5.74, 6) is -2.03. The van der Waals surface area contributed by atoms with Gasteiger partial charge in [0.15, 0.2) is 5.69 Å². The van der Waals surface area contributed by atoms with Crippen LogP contribution in [0.2, 0.25) is 0 Å². The number of anilines is 1. The van der Waals surface area contributed by atoms with Crippen LogP contribution in [0.1, 0.15) is 44.5 Å². The molecule has 0 aliphatic heterocycles. The molecule has 0 aliphatic rings. The number of carbonyl (C=O) groups is 2. The van der Waals surface area contributed by atoms with E-state index in [-0.39, 0.29) is 17.8 Å². The maximum absolute atomic E-state index is 14.6. The zero-order valence-corrected chi connectivity index (χ0v) is 20.3. The number of aromatic nitrogens is 2. The zero-order valence-electron chi connectivity index (χ0n) is 20.3. The predicted octanol–water partition coefficient (Wildman–Crippen LogP) is 5.00. The van der Waals surface area contributed by atoms with Crippen molar-refractivity contribution in [1.29, 1.82) is 5.26 Å². The minimum Gasteiger partial charge on any atom is -0.465 e. The second-order valence-corrected chi connectivity index (χ2v) is 8.48. The maximum atomic E-state index is 14.6. The number of aliphatic hydroxyl groups excluding tert-OH is 1. The van der Waals surface area contributed by atoms with Crippen LogP contribution in [0.4, 0.5) is 28.0 Å². The number of alkyl halides is 3. The molecule has 0 fully saturated rings. The van der Waals surface area contributed by atoms with Crippen LogP contribution in [0.3, 0.4) is 0 Å². The third-order valence-electron chi connectivity index (χ3n) is 5.74. The zero-order chi connectivity index (χ0) is 29.0. The minimum absolute atomic E-state index is 0.0239. The van der Waals surface area contributed by atoms with Crippen molar-refractivity contribution in [2.45, 2.75) is 18.8 Å². The molecular weight excluding hydrogens is 534 g/mol. The fourth-order valence-corrected chi connectivity index (χ4v) is 3.78. The summed E-state index contributed by atoms with van der Waals surface area (Å²) in [6, 6.07) is 17.5. The molecule has 9 nitrogen and oxygen atoms in total. The summed E-state index contributed by atoms with van der Waals surface area (Å²) in [6.07, 6.45) is -7.47. The summed E-state index contributed by atoms with van der Waals surface area (Å²) in [4.78, 5) is 23.9. The van der Waals surface area contributed by atoms with Crippen LogP contribution in [0.5, 0.6) is 0 Å². The fraction of sp³-hybridized carbons (Fsp3) is 0.111. The second kappa shape index (κ2) is 11.3. The molecule has 1 heterocycles. The molecule has 0 saturated heterocycles. The summed E-state index contributed by atoms with van der Waals surface area (Å²) in [7, 11) is 0. The van der Waals surface area contributed by atoms with E-state index >= 15 is 0 Å². The molecule has 4 rings (SSSR count). The SMILES string of the molecule is N#Cc1ccc(C(O)c2ccc(F)c(NC(=O)c3cc(C(F)(F)F)nn3-c3cccc(CNC(=O)O)c3)c2)cc1. The van der Waals surface area contributed by atoms with E-state index in [0.29, 0.717) is 22.8 Å². The Balaban J connectivity index is 1.67. The normalized spacial score (nSPS) is 11.9. The average molecular weight is 553 g/mol. The molecule has 40 heavy (non-hydrogen) atoms. The highest BCUT2D eigenvalue weighted by molar-refractivity contribution is 6.03. The summed E-state index contributed by atoms with van der Waals surface area (Å²) in [5.41, 5.74) is -1.04. The number of hydrogen-bond acceptors (Lipinski definition) is 5. The van der Waals surface area contributed by atoms with E-state index < -0.39 is 47.2 Å². The lowest BCUT2D eigenvalue weighted by molar-refractivity contribution is -0.141. The van der Waals surface area contributed by atoms with Gasteiger partial charge < -0.3 is 20.8 Å². The third-order valence-corrected chi connectivity index (χ3v) is 5.74. The van der Waals surface area contributed by atoms with E-state index in [1.54, 1.807) is 0 Å². The van der Waals surface area contributed by atoms with Crippen LogP contribution in [-0.2, 0) is 12.7 Å². The highest BCUT2D eigenvalue weighted by Gasteiger charge is 2.36. The van der Waals surface area contributed by atoms with Crippen LogP contribution in [0.15, 0.2) is 72.8 Å². The number of rotatable bonds is 7. The molecule has 1 unspecified atom stereocenters. The number of nitriles is 1. The van der Waals surface area contributed by atoms with E-state index in [9.17, 15) is 32.3 Å². The molecule has 0 aliphatic carbocycles. The van der Waals surface area contributed by atoms with E-state index in [0.717, 1.165) is 16.8 Å². The van der Waals surface area contributed by atoms with Crippen LogP contribution < -0.4 is 10.6 Å². The summed E-state index contributed by atoms with van der Waals surface area (Å²) >= 11 is 0. The van der Waals surface area contributed by atoms with Gasteiger partial charge in [-0.1, -0.05) is 30.3 Å². The predicted molar refractivity (Wildman–Crippen MR) is 133 cm³/mol. The van der Waals surface area contributed by atoms with Gasteiger partial charge in [-0.3, -0.25) is 4.79 Å². The molecule has 4 N–H and O–H groups in total. The number of halogens is 4. The summed E-state index contributed by atoms with van der Waals surface area (Å²) < 4.78 is 55.9. The van der Waals surface area contributed by atoms with E-state index in [1.807, 2.05) is 6.07 Å². The van der Waals surface area contributed by atoms with Gasteiger partial charge in [0.25, 0.3) is 5.91 Å².